The van der Waals surface area contributed by atoms with E-state index in [0.29, 0.717) is 5.56 Å². The summed E-state index contributed by atoms with van der Waals surface area (Å²) in [6, 6.07) is 15.7. The summed E-state index contributed by atoms with van der Waals surface area (Å²) in [5, 5.41) is 3.15. The smallest absolute Gasteiger partial charge is 0.251 e. The van der Waals surface area contributed by atoms with Crippen LogP contribution in [0.1, 0.15) is 40.9 Å². The topological polar surface area (TPSA) is 50.8 Å². The average molecular weight is 368 g/mol. The number of amides is 1. The van der Waals surface area contributed by atoms with Gasteiger partial charge in [0.2, 0.25) is 0 Å². The summed E-state index contributed by atoms with van der Waals surface area (Å²) >= 11 is 0. The lowest BCUT2D eigenvalue weighted by Gasteiger charge is -2.26. The Kier molecular flexibility index (Phi) is 6.85. The summed E-state index contributed by atoms with van der Waals surface area (Å²) in [5.74, 6) is 0.775. The first-order valence-corrected chi connectivity index (χ1v) is 9.53. The van der Waals surface area contributed by atoms with E-state index >= 15 is 0 Å². The molecule has 5 heteroatoms. The van der Waals surface area contributed by atoms with Crippen molar-refractivity contribution in [1.29, 1.82) is 0 Å². The Balaban J connectivity index is 1.65. The molecule has 3 rings (SSSR count). The Hall–Kier alpha value is -2.37. The van der Waals surface area contributed by atoms with Gasteiger partial charge in [-0.2, -0.15) is 0 Å². The Morgan fingerprint density at radius 2 is 1.93 bits per heavy atom. The number of hydrogen-bond donors (Lipinski definition) is 1. The number of carbonyl (C=O) groups is 1. The highest BCUT2D eigenvalue weighted by Gasteiger charge is 2.16. The third-order valence-corrected chi connectivity index (χ3v) is 4.93. The number of nitrogens with zero attached hydrogens (tertiary/aromatic N) is 1. The molecule has 1 aliphatic heterocycles. The van der Waals surface area contributed by atoms with E-state index < -0.39 is 0 Å². The first-order valence-electron chi connectivity index (χ1n) is 9.53. The van der Waals surface area contributed by atoms with E-state index in [0.717, 1.165) is 56.1 Å². The molecule has 1 amide bonds. The van der Waals surface area contributed by atoms with Gasteiger partial charge in [-0.15, -0.1) is 0 Å². The zero-order chi connectivity index (χ0) is 19.1. The molecule has 144 valence electrons. The molecule has 5 nitrogen and oxygen atoms in total. The maximum Gasteiger partial charge on any atom is 0.251 e. The number of hydrogen-bond acceptors (Lipinski definition) is 4. The van der Waals surface area contributed by atoms with E-state index in [1.807, 2.05) is 42.5 Å². The highest BCUT2D eigenvalue weighted by Crippen LogP contribution is 2.21. The van der Waals surface area contributed by atoms with Gasteiger partial charge in [-0.3, -0.25) is 9.69 Å². The third-order valence-electron chi connectivity index (χ3n) is 4.93. The molecule has 1 fully saturated rings. The van der Waals surface area contributed by atoms with Crippen molar-refractivity contribution in [3.63, 3.8) is 0 Å². The normalized spacial score (nSPS) is 15.9. The summed E-state index contributed by atoms with van der Waals surface area (Å²) in [4.78, 5) is 15.1. The lowest BCUT2D eigenvalue weighted by atomic mass is 10.0. The lowest BCUT2D eigenvalue weighted by Crippen LogP contribution is -2.35. The number of carbonyl (C=O) groups excluding carboxylic acids is 1. The van der Waals surface area contributed by atoms with Crippen LogP contribution in [0.4, 0.5) is 0 Å². The minimum Gasteiger partial charge on any atom is -0.497 e. The van der Waals surface area contributed by atoms with Crippen LogP contribution in [0.5, 0.6) is 5.75 Å². The number of ether oxygens (including phenoxy) is 2. The van der Waals surface area contributed by atoms with E-state index in [2.05, 4.69) is 23.2 Å². The van der Waals surface area contributed by atoms with Crippen LogP contribution in [0.2, 0.25) is 0 Å². The van der Waals surface area contributed by atoms with Gasteiger partial charge < -0.3 is 14.8 Å². The van der Waals surface area contributed by atoms with Gasteiger partial charge in [0.25, 0.3) is 5.91 Å². The fraction of sp³-hybridized carbons (Fsp3) is 0.409. The highest BCUT2D eigenvalue weighted by atomic mass is 16.5. The molecule has 2 aromatic rings. The van der Waals surface area contributed by atoms with Crippen LogP contribution in [-0.4, -0.2) is 44.2 Å². The maximum atomic E-state index is 12.8. The molecule has 1 aliphatic rings. The van der Waals surface area contributed by atoms with Gasteiger partial charge >= 0.3 is 0 Å². The van der Waals surface area contributed by atoms with E-state index in [4.69, 9.17) is 9.47 Å². The molecule has 0 aliphatic carbocycles. The van der Waals surface area contributed by atoms with Crippen LogP contribution in [-0.2, 0) is 11.3 Å². The fourth-order valence-electron chi connectivity index (χ4n) is 3.33. The molecule has 0 spiro atoms. The van der Waals surface area contributed by atoms with E-state index in [9.17, 15) is 4.79 Å². The van der Waals surface area contributed by atoms with Crippen LogP contribution in [0, 0.1) is 0 Å². The Morgan fingerprint density at radius 3 is 2.59 bits per heavy atom. The first kappa shape index (κ1) is 19.4. The van der Waals surface area contributed by atoms with Crippen molar-refractivity contribution in [2.45, 2.75) is 25.9 Å². The van der Waals surface area contributed by atoms with Gasteiger partial charge in [0.05, 0.1) is 26.4 Å². The molecule has 1 heterocycles. The van der Waals surface area contributed by atoms with Crippen molar-refractivity contribution in [2.75, 3.05) is 33.4 Å². The molecule has 0 bridgehead atoms. The van der Waals surface area contributed by atoms with Crippen LogP contribution in [0.15, 0.2) is 48.5 Å². The Bertz CT molecular complexity index is 739. The zero-order valence-corrected chi connectivity index (χ0v) is 16.1. The second-order valence-corrected chi connectivity index (χ2v) is 6.80. The van der Waals surface area contributed by atoms with Gasteiger partial charge in [0.1, 0.15) is 5.75 Å². The molecule has 2 aromatic carbocycles. The summed E-state index contributed by atoms with van der Waals surface area (Å²) in [6.45, 7) is 6.35. The molecule has 0 saturated carbocycles. The maximum absolute atomic E-state index is 12.8. The van der Waals surface area contributed by atoms with E-state index in [1.54, 1.807) is 7.11 Å². The van der Waals surface area contributed by atoms with Crippen molar-refractivity contribution >= 4 is 5.91 Å². The molecular weight excluding hydrogens is 340 g/mol. The number of benzene rings is 2. The van der Waals surface area contributed by atoms with Crippen molar-refractivity contribution in [3.8, 4) is 5.75 Å². The second kappa shape index (κ2) is 9.53. The zero-order valence-electron chi connectivity index (χ0n) is 16.1. The van der Waals surface area contributed by atoms with Crippen molar-refractivity contribution in [2.24, 2.45) is 0 Å². The Labute approximate surface area is 161 Å². The van der Waals surface area contributed by atoms with Crippen LogP contribution in [0.25, 0.3) is 0 Å². The number of nitrogens with one attached hydrogen (secondary N) is 1. The summed E-state index contributed by atoms with van der Waals surface area (Å²) < 4.78 is 10.6. The molecule has 1 N–H and O–H groups in total. The monoisotopic (exact) mass is 368 g/mol. The first-order chi connectivity index (χ1) is 13.2. The van der Waals surface area contributed by atoms with E-state index in [-0.39, 0.29) is 11.9 Å². The van der Waals surface area contributed by atoms with Gasteiger partial charge in [-0.1, -0.05) is 31.2 Å². The van der Waals surface area contributed by atoms with Gasteiger partial charge in [0.15, 0.2) is 0 Å². The largest absolute Gasteiger partial charge is 0.497 e. The minimum absolute atomic E-state index is 0.0219. The van der Waals surface area contributed by atoms with Crippen molar-refractivity contribution < 1.29 is 14.3 Å². The van der Waals surface area contributed by atoms with Crippen LogP contribution in [0.3, 0.4) is 0 Å². The molecule has 1 atom stereocenters. The molecular formula is C22H28N2O3. The molecule has 0 aromatic heterocycles. The predicted molar refractivity (Wildman–Crippen MR) is 106 cm³/mol. The quantitative estimate of drug-likeness (QED) is 0.814. The van der Waals surface area contributed by atoms with Crippen molar-refractivity contribution in [3.05, 3.63) is 65.2 Å². The standard InChI is InChI=1S/C22H28N2O3/c1-3-21(18-7-9-20(26-2)10-8-18)23-22(25)19-6-4-5-17(15-19)16-24-11-13-27-14-12-24/h4-10,15,21H,3,11-14,16H2,1-2H3,(H,23,25). The lowest BCUT2D eigenvalue weighted by molar-refractivity contribution is 0.0342. The fourth-order valence-corrected chi connectivity index (χ4v) is 3.33. The summed E-state index contributed by atoms with van der Waals surface area (Å²) in [6.07, 6.45) is 0.825. The van der Waals surface area contributed by atoms with Gasteiger partial charge in [0, 0.05) is 25.2 Å². The molecule has 1 unspecified atom stereocenters. The van der Waals surface area contributed by atoms with Crippen LogP contribution < -0.4 is 10.1 Å². The highest BCUT2D eigenvalue weighted by molar-refractivity contribution is 5.94. The minimum atomic E-state index is -0.0403. The number of morpholine rings is 1. The number of methoxy groups -OCH3 is 1. The molecule has 0 radical (unpaired) electrons. The predicted octanol–water partition coefficient (Wildman–Crippen LogP) is 3.41. The summed E-state index contributed by atoms with van der Waals surface area (Å²) in [5.41, 5.74) is 2.94. The van der Waals surface area contributed by atoms with Crippen molar-refractivity contribution in [1.82, 2.24) is 10.2 Å². The van der Waals surface area contributed by atoms with Gasteiger partial charge in [-0.25, -0.2) is 0 Å². The SMILES string of the molecule is CCC(NC(=O)c1cccc(CN2CCOCC2)c1)c1ccc(OC)cc1. The average Bonchev–Trinajstić information content (AvgIpc) is 2.73. The number of rotatable bonds is 7. The third kappa shape index (κ3) is 5.31. The summed E-state index contributed by atoms with van der Waals surface area (Å²) in [7, 11) is 1.65. The Morgan fingerprint density at radius 1 is 1.19 bits per heavy atom. The van der Waals surface area contributed by atoms with E-state index in [1.165, 1.54) is 0 Å². The second-order valence-electron chi connectivity index (χ2n) is 6.80. The molecule has 1 saturated heterocycles. The van der Waals surface area contributed by atoms with Crippen LogP contribution >= 0.6 is 0 Å². The van der Waals surface area contributed by atoms with Gasteiger partial charge in [-0.05, 0) is 41.8 Å². The molecule has 27 heavy (non-hydrogen) atoms.